The van der Waals surface area contributed by atoms with Gasteiger partial charge in [-0.15, -0.1) is 0 Å². The summed E-state index contributed by atoms with van der Waals surface area (Å²) >= 11 is 0. The van der Waals surface area contributed by atoms with Gasteiger partial charge in [0, 0.05) is 5.56 Å². The van der Waals surface area contributed by atoms with Crippen LogP contribution in [0, 0.1) is 18.3 Å². The molecule has 0 unspecified atom stereocenters. The number of carbonyl (C=O) groups excluding carboxylic acids is 1. The quantitative estimate of drug-likeness (QED) is 0.683. The van der Waals surface area contributed by atoms with Crippen LogP contribution in [0.15, 0.2) is 53.6 Å². The summed E-state index contributed by atoms with van der Waals surface area (Å²) < 4.78 is 0. The molecule has 2 rings (SSSR count). The summed E-state index contributed by atoms with van der Waals surface area (Å²) in [5, 5.41) is 12.6. The fourth-order valence-corrected chi connectivity index (χ4v) is 1.70. The summed E-state index contributed by atoms with van der Waals surface area (Å²) in [7, 11) is 0. The van der Waals surface area contributed by atoms with Gasteiger partial charge >= 0.3 is 0 Å². The van der Waals surface area contributed by atoms with E-state index < -0.39 is 0 Å². The van der Waals surface area contributed by atoms with Gasteiger partial charge < -0.3 is 0 Å². The number of carbonyl (C=O) groups is 1. The van der Waals surface area contributed by atoms with E-state index in [1.54, 1.807) is 30.3 Å². The van der Waals surface area contributed by atoms with Gasteiger partial charge in [-0.05, 0) is 36.2 Å². The van der Waals surface area contributed by atoms with Crippen molar-refractivity contribution in [3.05, 3.63) is 70.8 Å². The zero-order valence-electron chi connectivity index (χ0n) is 11.0. The maximum atomic E-state index is 11.9. The minimum absolute atomic E-state index is 0.243. The summed E-state index contributed by atoms with van der Waals surface area (Å²) in [4.78, 5) is 11.9. The van der Waals surface area contributed by atoms with Crippen LogP contribution in [0.5, 0.6) is 0 Å². The molecule has 1 amide bonds. The van der Waals surface area contributed by atoms with E-state index in [0.717, 1.165) is 11.1 Å². The van der Waals surface area contributed by atoms with E-state index in [-0.39, 0.29) is 5.91 Å². The van der Waals surface area contributed by atoms with Crippen molar-refractivity contribution >= 4 is 12.1 Å². The Bertz CT molecular complexity index is 682. The summed E-state index contributed by atoms with van der Waals surface area (Å²) in [6, 6.07) is 16.3. The largest absolute Gasteiger partial charge is 0.271 e. The van der Waals surface area contributed by atoms with Crippen LogP contribution in [0.4, 0.5) is 0 Å². The molecule has 2 aromatic carbocycles. The molecule has 20 heavy (non-hydrogen) atoms. The molecule has 2 aromatic rings. The van der Waals surface area contributed by atoms with Gasteiger partial charge in [0.25, 0.3) is 5.91 Å². The fourth-order valence-electron chi connectivity index (χ4n) is 1.70. The molecule has 0 saturated heterocycles. The molecule has 4 heteroatoms. The first-order valence-electron chi connectivity index (χ1n) is 6.10. The molecule has 0 radical (unpaired) electrons. The summed E-state index contributed by atoms with van der Waals surface area (Å²) in [6.45, 7) is 1.87. The molecule has 98 valence electrons. The van der Waals surface area contributed by atoms with Crippen molar-refractivity contribution in [1.29, 1.82) is 5.26 Å². The number of hydrogen-bond donors (Lipinski definition) is 1. The number of nitrogens with one attached hydrogen (secondary N) is 1. The Morgan fingerprint density at radius 3 is 2.55 bits per heavy atom. The lowest BCUT2D eigenvalue weighted by Crippen LogP contribution is -2.18. The number of hydrazone groups is 1. The van der Waals surface area contributed by atoms with Crippen molar-refractivity contribution in [3.8, 4) is 6.07 Å². The Kier molecular flexibility index (Phi) is 4.25. The lowest BCUT2D eigenvalue weighted by atomic mass is 10.1. The average molecular weight is 263 g/mol. The first kappa shape index (κ1) is 13.5. The lowest BCUT2D eigenvalue weighted by Gasteiger charge is -2.02. The average Bonchev–Trinajstić information content (AvgIpc) is 2.48. The monoisotopic (exact) mass is 263 g/mol. The van der Waals surface area contributed by atoms with E-state index in [2.05, 4.69) is 10.5 Å². The van der Waals surface area contributed by atoms with Crippen LogP contribution in [0.1, 0.15) is 27.0 Å². The minimum Gasteiger partial charge on any atom is -0.267 e. The SMILES string of the molecule is Cc1ccccc1C(=O)N/N=C\c1ccc(C#N)cc1. The third-order valence-electron chi connectivity index (χ3n) is 2.81. The van der Waals surface area contributed by atoms with E-state index >= 15 is 0 Å². The molecule has 0 atom stereocenters. The van der Waals surface area contributed by atoms with Crippen LogP contribution in [-0.4, -0.2) is 12.1 Å². The van der Waals surface area contributed by atoms with Gasteiger partial charge in [0.1, 0.15) is 0 Å². The molecule has 0 bridgehead atoms. The second-order valence-corrected chi connectivity index (χ2v) is 4.25. The summed E-state index contributed by atoms with van der Waals surface area (Å²) in [5.41, 5.74) is 5.39. The van der Waals surface area contributed by atoms with E-state index in [1.807, 2.05) is 31.2 Å². The fraction of sp³-hybridized carbons (Fsp3) is 0.0625. The van der Waals surface area contributed by atoms with Gasteiger partial charge in [0.15, 0.2) is 0 Å². The van der Waals surface area contributed by atoms with Crippen molar-refractivity contribution in [2.45, 2.75) is 6.92 Å². The van der Waals surface area contributed by atoms with Gasteiger partial charge in [0.05, 0.1) is 17.8 Å². The van der Waals surface area contributed by atoms with Gasteiger partial charge in [-0.2, -0.15) is 10.4 Å². The Labute approximate surface area is 117 Å². The Morgan fingerprint density at radius 2 is 1.90 bits per heavy atom. The molecule has 0 aliphatic carbocycles. The van der Waals surface area contributed by atoms with Crippen molar-refractivity contribution in [3.63, 3.8) is 0 Å². The molecule has 1 N–H and O–H groups in total. The lowest BCUT2D eigenvalue weighted by molar-refractivity contribution is 0.0954. The van der Waals surface area contributed by atoms with Crippen LogP contribution in [0.3, 0.4) is 0 Å². The first-order chi connectivity index (χ1) is 9.70. The zero-order chi connectivity index (χ0) is 14.4. The van der Waals surface area contributed by atoms with Crippen LogP contribution in [0.2, 0.25) is 0 Å². The molecule has 0 saturated carbocycles. The Balaban J connectivity index is 2.01. The summed E-state index contributed by atoms with van der Waals surface area (Å²) in [6.07, 6.45) is 1.54. The number of amides is 1. The maximum Gasteiger partial charge on any atom is 0.271 e. The van der Waals surface area contributed by atoms with Gasteiger partial charge in [0.2, 0.25) is 0 Å². The van der Waals surface area contributed by atoms with Gasteiger partial charge in [-0.1, -0.05) is 30.3 Å². The van der Waals surface area contributed by atoms with Gasteiger partial charge in [-0.25, -0.2) is 5.43 Å². The summed E-state index contributed by atoms with van der Waals surface area (Å²) in [5.74, 6) is -0.243. The Hall–Kier alpha value is -2.93. The smallest absolute Gasteiger partial charge is 0.267 e. The molecule has 0 spiro atoms. The van der Waals surface area contributed by atoms with Crippen molar-refractivity contribution in [1.82, 2.24) is 5.43 Å². The topological polar surface area (TPSA) is 65.2 Å². The molecule has 0 fully saturated rings. The van der Waals surface area contributed by atoms with Crippen LogP contribution < -0.4 is 5.43 Å². The standard InChI is InChI=1S/C16H13N3O/c1-12-4-2-3-5-15(12)16(20)19-18-11-14-8-6-13(10-17)7-9-14/h2-9,11H,1H3,(H,19,20)/b18-11-. The zero-order valence-corrected chi connectivity index (χ0v) is 11.0. The number of nitrogens with zero attached hydrogens (tertiary/aromatic N) is 2. The predicted molar refractivity (Wildman–Crippen MR) is 77.4 cm³/mol. The van der Waals surface area contributed by atoms with Crippen LogP contribution >= 0.6 is 0 Å². The number of aryl methyl sites for hydroxylation is 1. The van der Waals surface area contributed by atoms with E-state index in [1.165, 1.54) is 6.21 Å². The van der Waals surface area contributed by atoms with E-state index in [0.29, 0.717) is 11.1 Å². The second-order valence-electron chi connectivity index (χ2n) is 4.25. The molecule has 0 aliphatic heterocycles. The molecular formula is C16H13N3O. The van der Waals surface area contributed by atoms with Crippen molar-refractivity contribution in [2.24, 2.45) is 5.10 Å². The van der Waals surface area contributed by atoms with Crippen LogP contribution in [0.25, 0.3) is 0 Å². The van der Waals surface area contributed by atoms with Crippen molar-refractivity contribution < 1.29 is 4.79 Å². The third-order valence-corrected chi connectivity index (χ3v) is 2.81. The van der Waals surface area contributed by atoms with E-state index in [9.17, 15) is 4.79 Å². The molecular weight excluding hydrogens is 250 g/mol. The molecule has 0 aromatic heterocycles. The highest BCUT2D eigenvalue weighted by Crippen LogP contribution is 2.06. The predicted octanol–water partition coefficient (Wildman–Crippen LogP) is 2.63. The Morgan fingerprint density at radius 1 is 1.20 bits per heavy atom. The third kappa shape index (κ3) is 3.30. The number of hydrogen-bond acceptors (Lipinski definition) is 3. The minimum atomic E-state index is -0.243. The number of nitriles is 1. The van der Waals surface area contributed by atoms with Crippen LogP contribution in [-0.2, 0) is 0 Å². The molecule has 0 heterocycles. The van der Waals surface area contributed by atoms with E-state index in [4.69, 9.17) is 5.26 Å². The first-order valence-corrected chi connectivity index (χ1v) is 6.10. The maximum absolute atomic E-state index is 11.9. The number of benzene rings is 2. The molecule has 0 aliphatic rings. The van der Waals surface area contributed by atoms with Crippen molar-refractivity contribution in [2.75, 3.05) is 0 Å². The highest BCUT2D eigenvalue weighted by molar-refractivity contribution is 5.96. The highest BCUT2D eigenvalue weighted by atomic mass is 16.2. The highest BCUT2D eigenvalue weighted by Gasteiger charge is 2.05. The number of rotatable bonds is 3. The molecule has 4 nitrogen and oxygen atoms in total. The van der Waals surface area contributed by atoms with Gasteiger partial charge in [-0.3, -0.25) is 4.79 Å². The normalized spacial score (nSPS) is 10.2. The second kappa shape index (κ2) is 6.30.